The van der Waals surface area contributed by atoms with Crippen LogP contribution in [0.2, 0.25) is 0 Å². The van der Waals surface area contributed by atoms with Gasteiger partial charge in [-0.05, 0) is 28.1 Å². The summed E-state index contributed by atoms with van der Waals surface area (Å²) in [7, 11) is 3.46. The molecule has 0 saturated heterocycles. The van der Waals surface area contributed by atoms with E-state index in [1.807, 2.05) is 23.7 Å². The van der Waals surface area contributed by atoms with E-state index in [0.29, 0.717) is 12.2 Å². The largest absolute Gasteiger partial charge is 0.496 e. The lowest BCUT2D eigenvalue weighted by atomic mass is 10.1. The third kappa shape index (κ3) is 1.61. The van der Waals surface area contributed by atoms with Crippen molar-refractivity contribution in [1.82, 2.24) is 4.57 Å². The van der Waals surface area contributed by atoms with E-state index in [1.54, 1.807) is 7.11 Å². The fourth-order valence-corrected chi connectivity index (χ4v) is 2.71. The molecule has 0 fully saturated rings. The molecule has 88 valence electrons. The molecule has 0 aliphatic heterocycles. The quantitative estimate of drug-likeness (QED) is 0.924. The van der Waals surface area contributed by atoms with Crippen LogP contribution >= 0.6 is 15.9 Å². The van der Waals surface area contributed by atoms with Crippen LogP contribution in [0.15, 0.2) is 16.6 Å². The molecule has 2 aromatic rings. The lowest BCUT2D eigenvalue weighted by Gasteiger charge is -2.05. The van der Waals surface area contributed by atoms with Gasteiger partial charge in [0.25, 0.3) is 0 Å². The van der Waals surface area contributed by atoms with Crippen LogP contribution < -0.4 is 10.5 Å². The Labute approximate surface area is 108 Å². The summed E-state index contributed by atoms with van der Waals surface area (Å²) >= 11 is 3.49. The standard InChI is InChI=1S/C12H12BrN3O/c1-16-9(6-15)7(5-14)11-10(17-2)4-3-8(13)12(11)16/h3-4H,5,14H2,1-2H3. The highest BCUT2D eigenvalue weighted by molar-refractivity contribution is 9.10. The molecule has 0 amide bonds. The highest BCUT2D eigenvalue weighted by Crippen LogP contribution is 2.37. The summed E-state index contributed by atoms with van der Waals surface area (Å²) in [5.74, 6) is 0.737. The number of nitrogens with zero attached hydrogens (tertiary/aromatic N) is 2. The smallest absolute Gasteiger partial charge is 0.128 e. The van der Waals surface area contributed by atoms with Crippen LogP contribution in [0.25, 0.3) is 10.9 Å². The number of aryl methyl sites for hydroxylation is 1. The van der Waals surface area contributed by atoms with Crippen molar-refractivity contribution in [2.45, 2.75) is 6.54 Å². The number of nitriles is 1. The van der Waals surface area contributed by atoms with Crippen LogP contribution in [-0.4, -0.2) is 11.7 Å². The van der Waals surface area contributed by atoms with E-state index in [0.717, 1.165) is 26.7 Å². The summed E-state index contributed by atoms with van der Waals surface area (Å²) in [4.78, 5) is 0. The monoisotopic (exact) mass is 293 g/mol. The molecule has 2 rings (SSSR count). The van der Waals surface area contributed by atoms with Crippen LogP contribution in [0.4, 0.5) is 0 Å². The van der Waals surface area contributed by atoms with Gasteiger partial charge in [0.1, 0.15) is 17.5 Å². The Morgan fingerprint density at radius 3 is 2.76 bits per heavy atom. The Morgan fingerprint density at radius 2 is 2.24 bits per heavy atom. The third-order valence-electron chi connectivity index (χ3n) is 2.88. The molecule has 0 bridgehead atoms. The summed E-state index contributed by atoms with van der Waals surface area (Å²) < 4.78 is 8.10. The van der Waals surface area contributed by atoms with Crippen molar-refractivity contribution in [3.8, 4) is 11.8 Å². The van der Waals surface area contributed by atoms with Crippen molar-refractivity contribution >= 4 is 26.8 Å². The fraction of sp³-hybridized carbons (Fsp3) is 0.250. The van der Waals surface area contributed by atoms with Crippen molar-refractivity contribution < 1.29 is 4.74 Å². The number of fused-ring (bicyclic) bond motifs is 1. The van der Waals surface area contributed by atoms with Gasteiger partial charge in [-0.15, -0.1) is 0 Å². The Bertz CT molecular complexity index is 625. The Hall–Kier alpha value is -1.51. The molecule has 0 unspecified atom stereocenters. The summed E-state index contributed by atoms with van der Waals surface area (Å²) in [5, 5.41) is 10.1. The molecule has 5 heteroatoms. The predicted octanol–water partition coefficient (Wildman–Crippen LogP) is 2.28. The van der Waals surface area contributed by atoms with Gasteiger partial charge >= 0.3 is 0 Å². The number of nitrogens with two attached hydrogens (primary N) is 1. The van der Waals surface area contributed by atoms with Gasteiger partial charge in [-0.25, -0.2) is 0 Å². The number of methoxy groups -OCH3 is 1. The molecular formula is C12H12BrN3O. The molecule has 0 aliphatic carbocycles. The van der Waals surface area contributed by atoms with Gasteiger partial charge in [0.05, 0.1) is 12.6 Å². The molecule has 4 nitrogen and oxygen atoms in total. The molecule has 17 heavy (non-hydrogen) atoms. The lowest BCUT2D eigenvalue weighted by Crippen LogP contribution is -2.00. The van der Waals surface area contributed by atoms with Crippen molar-refractivity contribution in [3.05, 3.63) is 27.9 Å². The minimum atomic E-state index is 0.313. The SMILES string of the molecule is COc1ccc(Br)c2c1c(CN)c(C#N)n2C. The van der Waals surface area contributed by atoms with Gasteiger partial charge in [0.2, 0.25) is 0 Å². The molecule has 0 saturated carbocycles. The summed E-state index contributed by atoms with van der Waals surface area (Å²) in [6, 6.07) is 5.96. The summed E-state index contributed by atoms with van der Waals surface area (Å²) in [5.41, 5.74) is 8.07. The van der Waals surface area contributed by atoms with Gasteiger partial charge in [-0.1, -0.05) is 0 Å². The zero-order chi connectivity index (χ0) is 12.6. The van der Waals surface area contributed by atoms with E-state index < -0.39 is 0 Å². The molecule has 0 spiro atoms. The predicted molar refractivity (Wildman–Crippen MR) is 69.8 cm³/mol. The number of halogens is 1. The van der Waals surface area contributed by atoms with Crippen molar-refractivity contribution in [2.75, 3.05) is 7.11 Å². The normalized spacial score (nSPS) is 10.5. The molecule has 0 aliphatic rings. The van der Waals surface area contributed by atoms with Crippen LogP contribution in [0.1, 0.15) is 11.3 Å². The van der Waals surface area contributed by atoms with Crippen LogP contribution in [0.5, 0.6) is 5.75 Å². The number of benzene rings is 1. The Morgan fingerprint density at radius 1 is 1.53 bits per heavy atom. The average molecular weight is 294 g/mol. The van der Waals surface area contributed by atoms with Crippen molar-refractivity contribution in [1.29, 1.82) is 5.26 Å². The van der Waals surface area contributed by atoms with Gasteiger partial charge in [0, 0.05) is 29.0 Å². The van der Waals surface area contributed by atoms with E-state index in [2.05, 4.69) is 22.0 Å². The molecular weight excluding hydrogens is 282 g/mol. The Kier molecular flexibility index (Phi) is 3.09. The van der Waals surface area contributed by atoms with Gasteiger partial charge < -0.3 is 15.0 Å². The van der Waals surface area contributed by atoms with Crippen LogP contribution in [0.3, 0.4) is 0 Å². The maximum absolute atomic E-state index is 9.20. The van der Waals surface area contributed by atoms with E-state index in [4.69, 9.17) is 10.5 Å². The second-order valence-corrected chi connectivity index (χ2v) is 4.53. The first-order valence-electron chi connectivity index (χ1n) is 5.09. The van der Waals surface area contributed by atoms with Crippen LogP contribution in [0, 0.1) is 11.3 Å². The van der Waals surface area contributed by atoms with E-state index in [-0.39, 0.29) is 0 Å². The van der Waals surface area contributed by atoms with E-state index in [9.17, 15) is 5.26 Å². The first-order valence-corrected chi connectivity index (χ1v) is 5.88. The zero-order valence-corrected chi connectivity index (χ0v) is 11.2. The van der Waals surface area contributed by atoms with Crippen LogP contribution in [-0.2, 0) is 13.6 Å². The number of hydrogen-bond acceptors (Lipinski definition) is 3. The highest BCUT2D eigenvalue weighted by Gasteiger charge is 2.19. The maximum atomic E-state index is 9.20. The highest BCUT2D eigenvalue weighted by atomic mass is 79.9. The fourth-order valence-electron chi connectivity index (χ4n) is 2.11. The van der Waals surface area contributed by atoms with Crippen molar-refractivity contribution in [3.63, 3.8) is 0 Å². The minimum absolute atomic E-state index is 0.313. The second kappa shape index (κ2) is 4.40. The minimum Gasteiger partial charge on any atom is -0.496 e. The first-order chi connectivity index (χ1) is 8.15. The number of rotatable bonds is 2. The van der Waals surface area contributed by atoms with Gasteiger partial charge in [0.15, 0.2) is 0 Å². The topological polar surface area (TPSA) is 64.0 Å². The molecule has 1 aromatic heterocycles. The summed E-state index contributed by atoms with van der Waals surface area (Å²) in [6.45, 7) is 0.313. The second-order valence-electron chi connectivity index (χ2n) is 3.68. The van der Waals surface area contributed by atoms with Gasteiger partial charge in [-0.2, -0.15) is 5.26 Å². The summed E-state index contributed by atoms with van der Waals surface area (Å²) in [6.07, 6.45) is 0. The number of aromatic nitrogens is 1. The third-order valence-corrected chi connectivity index (χ3v) is 3.52. The zero-order valence-electron chi connectivity index (χ0n) is 9.62. The molecule has 0 atom stereocenters. The van der Waals surface area contributed by atoms with E-state index in [1.165, 1.54) is 0 Å². The first kappa shape index (κ1) is 12.0. The van der Waals surface area contributed by atoms with E-state index >= 15 is 0 Å². The van der Waals surface area contributed by atoms with Gasteiger partial charge in [-0.3, -0.25) is 0 Å². The average Bonchev–Trinajstić information content (AvgIpc) is 2.63. The maximum Gasteiger partial charge on any atom is 0.128 e. The molecule has 2 N–H and O–H groups in total. The molecule has 1 aromatic carbocycles. The van der Waals surface area contributed by atoms with Crippen molar-refractivity contribution in [2.24, 2.45) is 12.8 Å². The number of hydrogen-bond donors (Lipinski definition) is 1. The molecule has 1 heterocycles. The Balaban J connectivity index is 3.03. The molecule has 0 radical (unpaired) electrons. The lowest BCUT2D eigenvalue weighted by molar-refractivity contribution is 0.419. The number of ether oxygens (including phenoxy) is 1.